The van der Waals surface area contributed by atoms with Crippen LogP contribution in [0.2, 0.25) is 0 Å². The van der Waals surface area contributed by atoms with Gasteiger partial charge in [-0.05, 0) is 19.1 Å². The Morgan fingerprint density at radius 2 is 1.80 bits per heavy atom. The number of pyridine rings is 1. The summed E-state index contributed by atoms with van der Waals surface area (Å²) in [6, 6.07) is 7.01. The average Bonchev–Trinajstić information content (AvgIpc) is 2.85. The molecular weight excluding hydrogens is 476 g/mol. The van der Waals surface area contributed by atoms with Gasteiger partial charge in [-0.15, -0.1) is 11.8 Å². The first-order chi connectivity index (χ1) is 16.8. The zero-order chi connectivity index (χ0) is 25.5. The molecule has 1 aliphatic heterocycles. The largest absolute Gasteiger partial charge is 0.495 e. The summed E-state index contributed by atoms with van der Waals surface area (Å²) in [7, 11) is 1.41. The van der Waals surface area contributed by atoms with Crippen LogP contribution >= 0.6 is 11.8 Å². The molecule has 3 amide bonds. The van der Waals surface area contributed by atoms with Crippen LogP contribution in [0.25, 0.3) is 10.9 Å². The molecule has 35 heavy (non-hydrogen) atoms. The highest BCUT2D eigenvalue weighted by Gasteiger charge is 2.35. The lowest BCUT2D eigenvalue weighted by atomic mass is 9.96. The molecule has 3 N–H and O–H groups in total. The van der Waals surface area contributed by atoms with E-state index in [9.17, 15) is 19.2 Å². The molecule has 2 heterocycles. The number of carboxylic acid groups (broad SMARTS) is 1. The van der Waals surface area contributed by atoms with Crippen molar-refractivity contribution in [3.8, 4) is 5.75 Å². The van der Waals surface area contributed by atoms with Gasteiger partial charge in [0.25, 0.3) is 5.91 Å². The molecule has 0 radical (unpaired) electrons. The molecule has 11 nitrogen and oxygen atoms in total. The number of carbonyl (C=O) groups excluding carboxylic acids is 3. The first-order valence-electron chi connectivity index (χ1n) is 11.0. The number of carbonyl (C=O) groups is 4. The normalized spacial score (nSPS) is 14.5. The first kappa shape index (κ1) is 26.1. The van der Waals surface area contributed by atoms with Crippen LogP contribution in [0.3, 0.4) is 0 Å². The lowest BCUT2D eigenvalue weighted by molar-refractivity contribution is -0.135. The maximum Gasteiger partial charge on any atom is 0.409 e. The molecule has 0 spiro atoms. The summed E-state index contributed by atoms with van der Waals surface area (Å²) in [6.07, 6.45) is -0.440. The Hall–Kier alpha value is -3.54. The van der Waals surface area contributed by atoms with E-state index in [1.54, 1.807) is 36.1 Å². The first-order valence-corrected chi connectivity index (χ1v) is 12.2. The highest BCUT2D eigenvalue weighted by atomic mass is 32.2. The number of primary amides is 1. The molecule has 0 saturated carbocycles. The second-order valence-electron chi connectivity index (χ2n) is 7.76. The number of ether oxygens (including phenoxy) is 2. The summed E-state index contributed by atoms with van der Waals surface area (Å²) in [6.45, 7) is 3.07. The summed E-state index contributed by atoms with van der Waals surface area (Å²) in [4.78, 5) is 57.1. The smallest absolute Gasteiger partial charge is 0.409 e. The molecule has 2 aromatic rings. The standard InChI is InChI=1S/C23H28N4O7S/c1-3-34-23(32)27-10-8-26(9-11-27)22(31)15(12-35-13-17(28)29)19-18(21(24)30)20(33-2)14-6-4-5-7-16(14)25-19/h4-7,15H,3,8-13H2,1-2H3,(H2,24,30)(H,28,29). The van der Waals surface area contributed by atoms with Crippen LogP contribution in [0.4, 0.5) is 4.79 Å². The van der Waals surface area contributed by atoms with Crippen molar-refractivity contribution in [1.29, 1.82) is 0 Å². The van der Waals surface area contributed by atoms with Gasteiger partial charge in [-0.2, -0.15) is 0 Å². The number of aromatic nitrogens is 1. The minimum absolute atomic E-state index is 0.00867. The number of amides is 3. The Bertz CT molecular complexity index is 1120. The molecule has 0 aliphatic carbocycles. The molecule has 188 valence electrons. The lowest BCUT2D eigenvalue weighted by Crippen LogP contribution is -2.52. The third kappa shape index (κ3) is 5.94. The number of methoxy groups -OCH3 is 1. The lowest BCUT2D eigenvalue weighted by Gasteiger charge is -2.36. The molecule has 1 aliphatic rings. The third-order valence-electron chi connectivity index (χ3n) is 5.58. The molecule has 1 aromatic heterocycles. The van der Waals surface area contributed by atoms with Crippen molar-refractivity contribution in [2.75, 3.05) is 51.4 Å². The number of piperazine rings is 1. The number of hydrogen-bond acceptors (Lipinski definition) is 8. The Morgan fingerprint density at radius 3 is 2.40 bits per heavy atom. The molecule has 1 saturated heterocycles. The Kier molecular flexibility index (Phi) is 8.74. The third-order valence-corrected chi connectivity index (χ3v) is 6.60. The number of thioether (sulfide) groups is 1. The quantitative estimate of drug-likeness (QED) is 0.518. The molecular formula is C23H28N4O7S. The van der Waals surface area contributed by atoms with Gasteiger partial charge in [0.05, 0.1) is 36.6 Å². The van der Waals surface area contributed by atoms with Gasteiger partial charge >= 0.3 is 12.1 Å². The summed E-state index contributed by atoms with van der Waals surface area (Å²) in [5, 5.41) is 9.67. The van der Waals surface area contributed by atoms with E-state index in [2.05, 4.69) is 4.98 Å². The van der Waals surface area contributed by atoms with Gasteiger partial charge in [-0.1, -0.05) is 12.1 Å². The Labute approximate surface area is 206 Å². The molecule has 1 atom stereocenters. The second-order valence-corrected chi connectivity index (χ2v) is 8.79. The van der Waals surface area contributed by atoms with Crippen molar-refractivity contribution in [1.82, 2.24) is 14.8 Å². The number of fused-ring (bicyclic) bond motifs is 1. The van der Waals surface area contributed by atoms with Crippen molar-refractivity contribution >= 4 is 46.5 Å². The number of para-hydroxylation sites is 1. The monoisotopic (exact) mass is 504 g/mol. The van der Waals surface area contributed by atoms with Crippen molar-refractivity contribution in [3.05, 3.63) is 35.5 Å². The number of nitrogens with two attached hydrogens (primary N) is 1. The number of rotatable bonds is 9. The summed E-state index contributed by atoms with van der Waals surface area (Å²) in [5.74, 6) is -3.05. The van der Waals surface area contributed by atoms with Crippen LogP contribution in [0, 0.1) is 0 Å². The van der Waals surface area contributed by atoms with Gasteiger partial charge < -0.3 is 30.1 Å². The van der Waals surface area contributed by atoms with Crippen LogP contribution in [0.5, 0.6) is 5.75 Å². The number of benzene rings is 1. The van der Waals surface area contributed by atoms with E-state index < -0.39 is 23.9 Å². The van der Waals surface area contributed by atoms with Crippen molar-refractivity contribution in [2.24, 2.45) is 5.73 Å². The minimum atomic E-state index is -1.02. The van der Waals surface area contributed by atoms with Crippen LogP contribution < -0.4 is 10.5 Å². The number of hydrogen-bond donors (Lipinski definition) is 2. The SMILES string of the molecule is CCOC(=O)N1CCN(C(=O)C(CSCC(=O)O)c2nc3ccccc3c(OC)c2C(N)=O)CC1. The topological polar surface area (TPSA) is 152 Å². The van der Waals surface area contributed by atoms with Gasteiger partial charge in [-0.25, -0.2) is 4.79 Å². The Balaban J connectivity index is 1.99. The second kappa shape index (κ2) is 11.7. The van der Waals surface area contributed by atoms with Crippen LogP contribution in [0.1, 0.15) is 28.9 Å². The van der Waals surface area contributed by atoms with Crippen LogP contribution in [-0.4, -0.2) is 95.2 Å². The van der Waals surface area contributed by atoms with Gasteiger partial charge in [0.15, 0.2) is 0 Å². The van der Waals surface area contributed by atoms with Gasteiger partial charge in [0.2, 0.25) is 5.91 Å². The van der Waals surface area contributed by atoms with E-state index in [0.29, 0.717) is 10.9 Å². The fourth-order valence-electron chi connectivity index (χ4n) is 3.98. The van der Waals surface area contributed by atoms with Gasteiger partial charge in [0, 0.05) is 37.3 Å². The predicted octanol–water partition coefficient (Wildman–Crippen LogP) is 1.54. The maximum absolute atomic E-state index is 13.7. The van der Waals surface area contributed by atoms with E-state index in [-0.39, 0.29) is 67.2 Å². The highest BCUT2D eigenvalue weighted by Crippen LogP contribution is 2.35. The predicted molar refractivity (Wildman–Crippen MR) is 130 cm³/mol. The van der Waals surface area contributed by atoms with Crippen molar-refractivity contribution in [2.45, 2.75) is 12.8 Å². The molecule has 12 heteroatoms. The van der Waals surface area contributed by atoms with E-state index in [1.165, 1.54) is 12.0 Å². The molecule has 0 bridgehead atoms. The fraction of sp³-hybridized carbons (Fsp3) is 0.435. The van der Waals surface area contributed by atoms with Gasteiger partial charge in [-0.3, -0.25) is 19.4 Å². The van der Waals surface area contributed by atoms with E-state index in [4.69, 9.17) is 20.3 Å². The van der Waals surface area contributed by atoms with Crippen LogP contribution in [0.15, 0.2) is 24.3 Å². The zero-order valence-corrected chi connectivity index (χ0v) is 20.4. The summed E-state index contributed by atoms with van der Waals surface area (Å²) < 4.78 is 10.5. The maximum atomic E-state index is 13.7. The number of nitrogens with zero attached hydrogens (tertiary/aromatic N) is 3. The van der Waals surface area contributed by atoms with Crippen molar-refractivity contribution in [3.63, 3.8) is 0 Å². The van der Waals surface area contributed by atoms with Crippen LogP contribution in [-0.2, 0) is 14.3 Å². The fourth-order valence-corrected chi connectivity index (χ4v) is 4.81. The summed E-state index contributed by atoms with van der Waals surface area (Å²) in [5.41, 5.74) is 6.36. The van der Waals surface area contributed by atoms with Crippen molar-refractivity contribution < 1.29 is 33.8 Å². The van der Waals surface area contributed by atoms with E-state index in [1.807, 2.05) is 0 Å². The van der Waals surface area contributed by atoms with E-state index >= 15 is 0 Å². The minimum Gasteiger partial charge on any atom is -0.495 e. The molecule has 3 rings (SSSR count). The summed E-state index contributed by atoms with van der Waals surface area (Å²) >= 11 is 1.04. The Morgan fingerprint density at radius 1 is 1.14 bits per heavy atom. The molecule has 1 fully saturated rings. The van der Waals surface area contributed by atoms with Gasteiger partial charge in [0.1, 0.15) is 11.3 Å². The molecule has 1 aromatic carbocycles. The number of aliphatic carboxylic acids is 1. The highest BCUT2D eigenvalue weighted by molar-refractivity contribution is 7.99. The van der Waals surface area contributed by atoms with E-state index in [0.717, 1.165) is 11.8 Å². The average molecular weight is 505 g/mol. The number of carboxylic acids is 1. The zero-order valence-electron chi connectivity index (χ0n) is 19.6. The molecule has 1 unspecified atom stereocenters.